The fourth-order valence-corrected chi connectivity index (χ4v) is 1.33. The lowest BCUT2D eigenvalue weighted by atomic mass is 10.0. The van der Waals surface area contributed by atoms with Gasteiger partial charge in [-0.3, -0.25) is 4.98 Å². The number of rotatable bonds is 2. The summed E-state index contributed by atoms with van der Waals surface area (Å²) in [6, 6.07) is 0.782. The predicted molar refractivity (Wildman–Crippen MR) is 51.2 cm³/mol. The number of halogens is 3. The number of aromatic nitrogens is 1. The number of aryl methyl sites for hydroxylation is 1. The monoisotopic (exact) mass is 218 g/mol. The average molecular weight is 218 g/mol. The molecule has 0 bridgehead atoms. The summed E-state index contributed by atoms with van der Waals surface area (Å²) in [7, 11) is 0. The van der Waals surface area contributed by atoms with E-state index < -0.39 is 11.9 Å². The molecule has 0 aliphatic rings. The normalized spacial score (nSPS) is 14.0. The summed E-state index contributed by atoms with van der Waals surface area (Å²) in [6.45, 7) is 3.49. The molecule has 1 aromatic heterocycles. The van der Waals surface area contributed by atoms with Gasteiger partial charge >= 0.3 is 6.18 Å². The Kier molecular flexibility index (Phi) is 3.34. The zero-order valence-electron chi connectivity index (χ0n) is 8.60. The van der Waals surface area contributed by atoms with Crippen LogP contribution >= 0.6 is 0 Å². The first-order chi connectivity index (χ1) is 6.86. The van der Waals surface area contributed by atoms with E-state index in [2.05, 4.69) is 4.98 Å². The number of nitrogens with zero attached hydrogens (tertiary/aromatic N) is 1. The smallest absolute Gasteiger partial charge is 0.324 e. The Balaban J connectivity index is 3.09. The minimum absolute atomic E-state index is 0.250. The van der Waals surface area contributed by atoms with Crippen LogP contribution in [0.4, 0.5) is 13.2 Å². The number of pyridine rings is 1. The van der Waals surface area contributed by atoms with Gasteiger partial charge in [0.2, 0.25) is 0 Å². The molecule has 0 aliphatic heterocycles. The first kappa shape index (κ1) is 12.0. The largest absolute Gasteiger partial charge is 0.433 e. The molecule has 0 spiro atoms. The Labute approximate surface area is 86.3 Å². The second-order valence-electron chi connectivity index (χ2n) is 3.44. The highest BCUT2D eigenvalue weighted by molar-refractivity contribution is 5.28. The van der Waals surface area contributed by atoms with Crippen LogP contribution in [0.2, 0.25) is 0 Å². The van der Waals surface area contributed by atoms with Crippen molar-refractivity contribution < 1.29 is 13.2 Å². The van der Waals surface area contributed by atoms with Gasteiger partial charge in [-0.05, 0) is 30.5 Å². The summed E-state index contributed by atoms with van der Waals surface area (Å²) in [5.41, 5.74) is 6.07. The lowest BCUT2D eigenvalue weighted by Gasteiger charge is -2.14. The van der Waals surface area contributed by atoms with E-state index >= 15 is 0 Å². The fourth-order valence-electron chi connectivity index (χ4n) is 1.33. The molecule has 0 amide bonds. The number of hydrogen-bond donors (Lipinski definition) is 1. The van der Waals surface area contributed by atoms with Crippen LogP contribution in [0.1, 0.15) is 36.2 Å². The van der Waals surface area contributed by atoms with Gasteiger partial charge in [0.25, 0.3) is 0 Å². The van der Waals surface area contributed by atoms with Crippen LogP contribution in [0.3, 0.4) is 0 Å². The van der Waals surface area contributed by atoms with E-state index in [0.717, 1.165) is 6.07 Å². The summed E-state index contributed by atoms with van der Waals surface area (Å²) in [6.07, 6.45) is -2.50. The number of nitrogens with two attached hydrogens (primary N) is 1. The van der Waals surface area contributed by atoms with Crippen LogP contribution in [0, 0.1) is 6.92 Å². The zero-order chi connectivity index (χ0) is 11.6. The Morgan fingerprint density at radius 1 is 1.47 bits per heavy atom. The number of hydrogen-bond acceptors (Lipinski definition) is 2. The SMILES string of the molecule is CC[C@H](N)c1cnc(C(F)(F)F)cc1C. The molecule has 0 unspecified atom stereocenters. The van der Waals surface area contributed by atoms with Gasteiger partial charge in [-0.15, -0.1) is 0 Å². The minimum atomic E-state index is -4.39. The van der Waals surface area contributed by atoms with Gasteiger partial charge in [-0.1, -0.05) is 6.92 Å². The molecule has 84 valence electrons. The highest BCUT2D eigenvalue weighted by Gasteiger charge is 2.32. The van der Waals surface area contributed by atoms with Gasteiger partial charge in [0.15, 0.2) is 0 Å². The van der Waals surface area contributed by atoms with Crippen molar-refractivity contribution in [2.24, 2.45) is 5.73 Å². The van der Waals surface area contributed by atoms with Crippen molar-refractivity contribution in [2.75, 3.05) is 0 Å². The molecule has 2 N–H and O–H groups in total. The summed E-state index contributed by atoms with van der Waals surface area (Å²) in [4.78, 5) is 3.37. The van der Waals surface area contributed by atoms with Crippen LogP contribution in [0.5, 0.6) is 0 Å². The Morgan fingerprint density at radius 3 is 2.47 bits per heavy atom. The fraction of sp³-hybridized carbons (Fsp3) is 0.500. The third-order valence-corrected chi connectivity index (χ3v) is 2.28. The molecule has 5 heteroatoms. The van der Waals surface area contributed by atoms with Gasteiger partial charge < -0.3 is 5.73 Å². The highest BCUT2D eigenvalue weighted by Crippen LogP contribution is 2.29. The van der Waals surface area contributed by atoms with Crippen LogP contribution in [0.25, 0.3) is 0 Å². The average Bonchev–Trinajstić information content (AvgIpc) is 2.15. The van der Waals surface area contributed by atoms with E-state index in [1.54, 1.807) is 6.92 Å². The Bertz CT molecular complexity index is 347. The molecule has 1 atom stereocenters. The molecule has 1 aromatic rings. The van der Waals surface area contributed by atoms with Crippen molar-refractivity contribution in [3.05, 3.63) is 29.1 Å². The molecule has 0 fully saturated rings. The van der Waals surface area contributed by atoms with Gasteiger partial charge in [-0.25, -0.2) is 0 Å². The van der Waals surface area contributed by atoms with E-state index in [0.29, 0.717) is 17.5 Å². The molecule has 1 heterocycles. The molecule has 0 saturated heterocycles. The third-order valence-electron chi connectivity index (χ3n) is 2.28. The van der Waals surface area contributed by atoms with Crippen LogP contribution in [-0.4, -0.2) is 4.98 Å². The summed E-state index contributed by atoms with van der Waals surface area (Å²) in [5.74, 6) is 0. The first-order valence-electron chi connectivity index (χ1n) is 4.65. The van der Waals surface area contributed by atoms with E-state index in [1.165, 1.54) is 6.20 Å². The highest BCUT2D eigenvalue weighted by atomic mass is 19.4. The lowest BCUT2D eigenvalue weighted by molar-refractivity contribution is -0.141. The second-order valence-corrected chi connectivity index (χ2v) is 3.44. The van der Waals surface area contributed by atoms with E-state index in [-0.39, 0.29) is 6.04 Å². The van der Waals surface area contributed by atoms with E-state index in [4.69, 9.17) is 5.73 Å². The molecular weight excluding hydrogens is 205 g/mol. The lowest BCUT2D eigenvalue weighted by Crippen LogP contribution is -2.14. The molecule has 0 radical (unpaired) electrons. The predicted octanol–water partition coefficient (Wildman–Crippen LogP) is 2.82. The van der Waals surface area contributed by atoms with Crippen molar-refractivity contribution in [3.63, 3.8) is 0 Å². The molecule has 2 nitrogen and oxygen atoms in total. The quantitative estimate of drug-likeness (QED) is 0.828. The minimum Gasteiger partial charge on any atom is -0.324 e. The molecule has 0 aliphatic carbocycles. The van der Waals surface area contributed by atoms with E-state index in [9.17, 15) is 13.2 Å². The molecule has 15 heavy (non-hydrogen) atoms. The topological polar surface area (TPSA) is 38.9 Å². The van der Waals surface area contributed by atoms with Gasteiger partial charge in [0, 0.05) is 12.2 Å². The Morgan fingerprint density at radius 2 is 2.07 bits per heavy atom. The van der Waals surface area contributed by atoms with Gasteiger partial charge in [0.1, 0.15) is 5.69 Å². The molecule has 0 aromatic carbocycles. The van der Waals surface area contributed by atoms with Crippen molar-refractivity contribution in [1.82, 2.24) is 4.98 Å². The molecular formula is C10H13F3N2. The van der Waals surface area contributed by atoms with Crippen LogP contribution in [-0.2, 0) is 6.18 Å². The maximum atomic E-state index is 12.3. The van der Waals surface area contributed by atoms with Gasteiger partial charge in [-0.2, -0.15) is 13.2 Å². The van der Waals surface area contributed by atoms with Gasteiger partial charge in [0.05, 0.1) is 0 Å². The van der Waals surface area contributed by atoms with Crippen molar-refractivity contribution in [2.45, 2.75) is 32.5 Å². The second kappa shape index (κ2) is 4.18. The molecule has 1 rings (SSSR count). The third kappa shape index (κ3) is 2.68. The first-order valence-corrected chi connectivity index (χ1v) is 4.65. The summed E-state index contributed by atoms with van der Waals surface area (Å²) < 4.78 is 36.9. The van der Waals surface area contributed by atoms with Crippen molar-refractivity contribution >= 4 is 0 Å². The standard InChI is InChI=1S/C10H13F3N2/c1-3-8(14)7-5-15-9(4-6(7)2)10(11,12)13/h4-5,8H,3,14H2,1-2H3/t8-/m0/s1. The van der Waals surface area contributed by atoms with E-state index in [1.807, 2.05) is 6.92 Å². The number of alkyl halides is 3. The maximum Gasteiger partial charge on any atom is 0.433 e. The summed E-state index contributed by atoms with van der Waals surface area (Å²) >= 11 is 0. The van der Waals surface area contributed by atoms with Crippen LogP contribution in [0.15, 0.2) is 12.3 Å². The van der Waals surface area contributed by atoms with Crippen LogP contribution < -0.4 is 5.73 Å². The Hall–Kier alpha value is -1.10. The van der Waals surface area contributed by atoms with Crippen molar-refractivity contribution in [1.29, 1.82) is 0 Å². The maximum absolute atomic E-state index is 12.3. The molecule has 0 saturated carbocycles. The zero-order valence-corrected chi connectivity index (χ0v) is 8.60. The van der Waals surface area contributed by atoms with Crippen molar-refractivity contribution in [3.8, 4) is 0 Å². The summed E-state index contributed by atoms with van der Waals surface area (Å²) in [5, 5.41) is 0.